The van der Waals surface area contributed by atoms with Crippen molar-refractivity contribution < 1.29 is 18.7 Å². The molecule has 0 amide bonds. The van der Waals surface area contributed by atoms with E-state index in [4.69, 9.17) is 13.9 Å². The van der Waals surface area contributed by atoms with Gasteiger partial charge in [-0.05, 0) is 31.2 Å². The Balaban J connectivity index is 1.33. The van der Waals surface area contributed by atoms with Crippen LogP contribution in [-0.4, -0.2) is 35.2 Å². The molecular formula is C22H22N2O4S. The first-order valence-corrected chi connectivity index (χ1v) is 10.6. The summed E-state index contributed by atoms with van der Waals surface area (Å²) < 4.78 is 17.1. The number of rotatable bonds is 7. The Kier molecular flexibility index (Phi) is 6.17. The molecule has 1 aromatic heterocycles. The molecule has 1 saturated heterocycles. The lowest BCUT2D eigenvalue weighted by Crippen LogP contribution is -2.36. The lowest BCUT2D eigenvalue weighted by molar-refractivity contribution is -0.135. The van der Waals surface area contributed by atoms with Crippen LogP contribution < -0.4 is 14.8 Å². The Hall–Kier alpha value is -2.77. The molecule has 1 atom stereocenters. The van der Waals surface area contributed by atoms with Gasteiger partial charge in [-0.2, -0.15) is 0 Å². The standard InChI is InChI=1S/C22H22N2O4S/c1-15-19(24-21(27-15)16-6-3-2-4-7-16)10-11-26-17-8-5-9-18(12-17)28-22(25)20-13-29-14-23-20/h2-9,12,20,23H,10-11,13-14H2,1H3. The summed E-state index contributed by atoms with van der Waals surface area (Å²) in [5.41, 5.74) is 1.82. The van der Waals surface area contributed by atoms with E-state index in [1.807, 2.05) is 49.4 Å². The quantitative estimate of drug-likeness (QED) is 0.469. The van der Waals surface area contributed by atoms with Crippen molar-refractivity contribution in [2.75, 3.05) is 18.2 Å². The minimum Gasteiger partial charge on any atom is -0.493 e. The van der Waals surface area contributed by atoms with Crippen LogP contribution in [0.1, 0.15) is 11.5 Å². The Bertz CT molecular complexity index is 968. The maximum absolute atomic E-state index is 12.1. The lowest BCUT2D eigenvalue weighted by atomic mass is 10.2. The maximum atomic E-state index is 12.1. The first-order chi connectivity index (χ1) is 14.2. The first-order valence-electron chi connectivity index (χ1n) is 9.46. The largest absolute Gasteiger partial charge is 0.493 e. The number of esters is 1. The van der Waals surface area contributed by atoms with E-state index < -0.39 is 0 Å². The average molecular weight is 410 g/mol. The molecule has 0 aliphatic carbocycles. The third-order valence-corrected chi connectivity index (χ3v) is 5.49. The van der Waals surface area contributed by atoms with Crippen molar-refractivity contribution in [3.8, 4) is 23.0 Å². The van der Waals surface area contributed by atoms with E-state index in [1.165, 1.54) is 0 Å². The van der Waals surface area contributed by atoms with E-state index >= 15 is 0 Å². The van der Waals surface area contributed by atoms with Crippen LogP contribution in [0.15, 0.2) is 59.0 Å². The van der Waals surface area contributed by atoms with Gasteiger partial charge in [0.15, 0.2) is 0 Å². The lowest BCUT2D eigenvalue weighted by Gasteiger charge is -2.11. The molecule has 150 valence electrons. The van der Waals surface area contributed by atoms with E-state index in [0.717, 1.165) is 28.6 Å². The summed E-state index contributed by atoms with van der Waals surface area (Å²) in [4.78, 5) is 16.7. The predicted octanol–water partition coefficient (Wildman–Crippen LogP) is 3.84. The van der Waals surface area contributed by atoms with Crippen LogP contribution in [0.4, 0.5) is 0 Å². The number of nitrogens with zero attached hydrogens (tertiary/aromatic N) is 1. The SMILES string of the molecule is Cc1oc(-c2ccccc2)nc1CCOc1cccc(OC(=O)C2CSCN2)c1. The number of aromatic nitrogens is 1. The van der Waals surface area contributed by atoms with Crippen molar-refractivity contribution in [3.05, 3.63) is 66.1 Å². The van der Waals surface area contributed by atoms with Crippen LogP contribution in [-0.2, 0) is 11.2 Å². The molecule has 1 N–H and O–H groups in total. The third kappa shape index (κ3) is 4.99. The molecule has 1 fully saturated rings. The number of hydrogen-bond donors (Lipinski definition) is 1. The topological polar surface area (TPSA) is 73.6 Å². The van der Waals surface area contributed by atoms with Crippen molar-refractivity contribution in [3.63, 3.8) is 0 Å². The number of aryl methyl sites for hydroxylation is 1. The zero-order chi connectivity index (χ0) is 20.1. The van der Waals surface area contributed by atoms with E-state index in [2.05, 4.69) is 10.3 Å². The van der Waals surface area contributed by atoms with Gasteiger partial charge >= 0.3 is 5.97 Å². The summed E-state index contributed by atoms with van der Waals surface area (Å²) in [7, 11) is 0. The molecule has 1 aliphatic heterocycles. The fraction of sp³-hybridized carbons (Fsp3) is 0.273. The van der Waals surface area contributed by atoms with Gasteiger partial charge in [-0.1, -0.05) is 24.3 Å². The van der Waals surface area contributed by atoms with Crippen molar-refractivity contribution in [1.29, 1.82) is 0 Å². The van der Waals surface area contributed by atoms with Crippen LogP contribution in [0.2, 0.25) is 0 Å². The summed E-state index contributed by atoms with van der Waals surface area (Å²) >= 11 is 1.68. The Morgan fingerprint density at radius 2 is 2.03 bits per heavy atom. The number of carbonyl (C=O) groups excluding carboxylic acids is 1. The highest BCUT2D eigenvalue weighted by atomic mass is 32.2. The molecule has 6 nitrogen and oxygen atoms in total. The minimum absolute atomic E-state index is 0.251. The van der Waals surface area contributed by atoms with Crippen molar-refractivity contribution in [2.45, 2.75) is 19.4 Å². The molecule has 0 bridgehead atoms. The van der Waals surface area contributed by atoms with Gasteiger partial charge < -0.3 is 13.9 Å². The molecule has 0 saturated carbocycles. The smallest absolute Gasteiger partial charge is 0.329 e. The summed E-state index contributed by atoms with van der Waals surface area (Å²) in [6.07, 6.45) is 0.620. The van der Waals surface area contributed by atoms with Crippen molar-refractivity contribution in [1.82, 2.24) is 10.3 Å². The molecule has 29 heavy (non-hydrogen) atoms. The molecule has 4 rings (SSSR count). The van der Waals surface area contributed by atoms with Crippen LogP contribution in [0.5, 0.6) is 11.5 Å². The van der Waals surface area contributed by atoms with E-state index in [9.17, 15) is 4.79 Å². The predicted molar refractivity (Wildman–Crippen MR) is 112 cm³/mol. The Morgan fingerprint density at radius 1 is 1.21 bits per heavy atom. The highest BCUT2D eigenvalue weighted by Gasteiger charge is 2.24. The fourth-order valence-corrected chi connectivity index (χ4v) is 3.92. The summed E-state index contributed by atoms with van der Waals surface area (Å²) in [5.74, 6) is 3.78. The Morgan fingerprint density at radius 3 is 2.83 bits per heavy atom. The van der Waals surface area contributed by atoms with Gasteiger partial charge in [-0.25, -0.2) is 9.78 Å². The highest BCUT2D eigenvalue weighted by molar-refractivity contribution is 7.99. The molecule has 1 unspecified atom stereocenters. The maximum Gasteiger partial charge on any atom is 0.329 e. The number of ether oxygens (including phenoxy) is 2. The van der Waals surface area contributed by atoms with Gasteiger partial charge in [0, 0.05) is 29.7 Å². The zero-order valence-corrected chi connectivity index (χ0v) is 16.9. The van der Waals surface area contributed by atoms with Crippen LogP contribution in [0.25, 0.3) is 11.5 Å². The van der Waals surface area contributed by atoms with Crippen LogP contribution >= 0.6 is 11.8 Å². The number of thioether (sulfide) groups is 1. The normalized spacial score (nSPS) is 16.0. The second kappa shape index (κ2) is 9.15. The van der Waals surface area contributed by atoms with E-state index in [-0.39, 0.29) is 12.0 Å². The van der Waals surface area contributed by atoms with E-state index in [1.54, 1.807) is 23.9 Å². The monoisotopic (exact) mass is 410 g/mol. The first kappa shape index (κ1) is 19.5. The molecular weight excluding hydrogens is 388 g/mol. The average Bonchev–Trinajstić information content (AvgIpc) is 3.40. The third-order valence-electron chi connectivity index (χ3n) is 4.55. The van der Waals surface area contributed by atoms with Gasteiger partial charge in [-0.15, -0.1) is 11.8 Å². The van der Waals surface area contributed by atoms with Crippen molar-refractivity contribution in [2.24, 2.45) is 0 Å². The second-order valence-electron chi connectivity index (χ2n) is 6.65. The van der Waals surface area contributed by atoms with Crippen LogP contribution in [0.3, 0.4) is 0 Å². The van der Waals surface area contributed by atoms with Gasteiger partial charge in [0.1, 0.15) is 23.3 Å². The summed E-state index contributed by atoms with van der Waals surface area (Å²) in [6.45, 7) is 2.35. The minimum atomic E-state index is -0.265. The number of hydrogen-bond acceptors (Lipinski definition) is 7. The molecule has 1 aliphatic rings. The molecule has 2 heterocycles. The molecule has 0 radical (unpaired) electrons. The summed E-state index contributed by atoms with van der Waals surface area (Å²) in [5, 5.41) is 3.10. The number of benzene rings is 2. The molecule has 2 aromatic carbocycles. The fourth-order valence-electron chi connectivity index (χ4n) is 2.99. The number of oxazole rings is 1. The van der Waals surface area contributed by atoms with Gasteiger partial charge in [-0.3, -0.25) is 5.32 Å². The van der Waals surface area contributed by atoms with Gasteiger partial charge in [0.05, 0.1) is 12.3 Å². The van der Waals surface area contributed by atoms with Crippen molar-refractivity contribution >= 4 is 17.7 Å². The second-order valence-corrected chi connectivity index (χ2v) is 7.68. The molecule has 7 heteroatoms. The van der Waals surface area contributed by atoms with E-state index in [0.29, 0.717) is 30.4 Å². The number of nitrogens with one attached hydrogen (secondary N) is 1. The zero-order valence-electron chi connectivity index (χ0n) is 16.1. The number of carbonyl (C=O) groups is 1. The Labute approximate surface area is 173 Å². The molecule has 3 aromatic rings. The van der Waals surface area contributed by atoms with Crippen LogP contribution in [0, 0.1) is 6.92 Å². The highest BCUT2D eigenvalue weighted by Crippen LogP contribution is 2.23. The summed E-state index contributed by atoms with van der Waals surface area (Å²) in [6, 6.07) is 16.7. The molecule has 0 spiro atoms. The van der Waals surface area contributed by atoms with Gasteiger partial charge in [0.25, 0.3) is 0 Å². The van der Waals surface area contributed by atoms with Gasteiger partial charge in [0.2, 0.25) is 5.89 Å².